The monoisotopic (exact) mass is 348 g/mol. The van der Waals surface area contributed by atoms with Crippen LogP contribution in [0.2, 0.25) is 0 Å². The van der Waals surface area contributed by atoms with Gasteiger partial charge in [0.2, 0.25) is 11.8 Å². The van der Waals surface area contributed by atoms with E-state index in [4.69, 9.17) is 0 Å². The first-order chi connectivity index (χ1) is 11.5. The van der Waals surface area contributed by atoms with Gasteiger partial charge >= 0.3 is 0 Å². The van der Waals surface area contributed by atoms with Crippen LogP contribution in [0.15, 0.2) is 34.2 Å². The van der Waals surface area contributed by atoms with E-state index in [2.05, 4.69) is 20.6 Å². The van der Waals surface area contributed by atoms with Crippen LogP contribution >= 0.6 is 11.8 Å². The summed E-state index contributed by atoms with van der Waals surface area (Å²) in [6.07, 6.45) is 1.54. The zero-order chi connectivity index (χ0) is 17.3. The van der Waals surface area contributed by atoms with E-state index in [0.717, 1.165) is 6.07 Å². The number of fused-ring (bicyclic) bond motifs is 1. The number of H-pyrrole nitrogens is 1. The number of nitrogens with zero attached hydrogens (tertiary/aromatic N) is 1. The summed E-state index contributed by atoms with van der Waals surface area (Å²) in [4.78, 5) is 43.3. The molecule has 124 valence electrons. The number of aromatic nitrogens is 2. The highest BCUT2D eigenvalue weighted by atomic mass is 32.2. The number of rotatable bonds is 3. The largest absolute Gasteiger partial charge is 0.325 e. The third kappa shape index (κ3) is 3.16. The summed E-state index contributed by atoms with van der Waals surface area (Å²) in [6.45, 7) is 0. The smallest absolute Gasteiger partial charge is 0.257 e. The quantitative estimate of drug-likeness (QED) is 0.578. The van der Waals surface area contributed by atoms with Gasteiger partial charge in [-0.05, 0) is 24.5 Å². The SMILES string of the molecule is CSc1nc2c(c(=O)[nH]1)[C@@H](C(=O)Nc1cccc(F)c1)CC(=O)N2. The molecule has 2 heterocycles. The molecular formula is C15H13FN4O3S. The van der Waals surface area contributed by atoms with Crippen LogP contribution in [0.5, 0.6) is 0 Å². The highest BCUT2D eigenvalue weighted by molar-refractivity contribution is 7.98. The van der Waals surface area contributed by atoms with Gasteiger partial charge in [-0.1, -0.05) is 17.8 Å². The third-order valence-electron chi connectivity index (χ3n) is 3.53. The minimum absolute atomic E-state index is 0.0822. The van der Waals surface area contributed by atoms with Crippen LogP contribution < -0.4 is 16.2 Å². The van der Waals surface area contributed by atoms with Crippen molar-refractivity contribution >= 4 is 35.1 Å². The fraction of sp³-hybridized carbons (Fsp3) is 0.200. The molecule has 1 aliphatic heterocycles. The Morgan fingerprint density at radius 2 is 2.21 bits per heavy atom. The number of thioether (sulfide) groups is 1. The Bertz CT molecular complexity index is 883. The lowest BCUT2D eigenvalue weighted by Gasteiger charge is -2.23. The predicted molar refractivity (Wildman–Crippen MR) is 87.7 cm³/mol. The Labute approximate surface area is 140 Å². The van der Waals surface area contributed by atoms with Crippen LogP contribution in [0.4, 0.5) is 15.9 Å². The molecule has 24 heavy (non-hydrogen) atoms. The first kappa shape index (κ1) is 16.2. The minimum Gasteiger partial charge on any atom is -0.325 e. The Hall–Kier alpha value is -2.68. The zero-order valence-electron chi connectivity index (χ0n) is 12.6. The number of nitrogens with one attached hydrogen (secondary N) is 3. The van der Waals surface area contributed by atoms with E-state index in [1.54, 1.807) is 6.26 Å². The van der Waals surface area contributed by atoms with Gasteiger partial charge < -0.3 is 15.6 Å². The number of hydrogen-bond acceptors (Lipinski definition) is 5. The van der Waals surface area contributed by atoms with Gasteiger partial charge in [-0.25, -0.2) is 9.37 Å². The van der Waals surface area contributed by atoms with Crippen molar-refractivity contribution in [1.29, 1.82) is 0 Å². The maximum atomic E-state index is 13.2. The summed E-state index contributed by atoms with van der Waals surface area (Å²) in [5.41, 5.74) is -0.136. The minimum atomic E-state index is -0.996. The van der Waals surface area contributed by atoms with E-state index in [9.17, 15) is 18.8 Å². The first-order valence-corrected chi connectivity index (χ1v) is 8.25. The van der Waals surface area contributed by atoms with Gasteiger partial charge in [-0.15, -0.1) is 0 Å². The Morgan fingerprint density at radius 3 is 2.92 bits per heavy atom. The molecule has 0 radical (unpaired) electrons. The van der Waals surface area contributed by atoms with Crippen LogP contribution in [0, 0.1) is 5.82 Å². The van der Waals surface area contributed by atoms with Crippen molar-refractivity contribution in [1.82, 2.24) is 9.97 Å². The molecule has 1 aliphatic rings. The fourth-order valence-electron chi connectivity index (χ4n) is 2.47. The molecule has 0 saturated heterocycles. The van der Waals surface area contributed by atoms with E-state index in [0.29, 0.717) is 5.16 Å². The molecule has 7 nitrogen and oxygen atoms in total. The molecule has 2 amide bonds. The maximum absolute atomic E-state index is 13.2. The summed E-state index contributed by atoms with van der Waals surface area (Å²) in [7, 11) is 0. The Balaban J connectivity index is 1.96. The second-order valence-corrected chi connectivity index (χ2v) is 5.94. The molecule has 1 atom stereocenters. The van der Waals surface area contributed by atoms with Crippen molar-refractivity contribution in [2.75, 3.05) is 16.9 Å². The molecule has 0 bridgehead atoms. The van der Waals surface area contributed by atoms with Gasteiger partial charge in [0.15, 0.2) is 5.16 Å². The van der Waals surface area contributed by atoms with E-state index >= 15 is 0 Å². The van der Waals surface area contributed by atoms with Crippen molar-refractivity contribution in [3.05, 3.63) is 46.0 Å². The molecule has 1 aromatic carbocycles. The van der Waals surface area contributed by atoms with Crippen LogP contribution in [0.1, 0.15) is 17.9 Å². The molecular weight excluding hydrogens is 335 g/mol. The van der Waals surface area contributed by atoms with Crippen molar-refractivity contribution in [2.24, 2.45) is 0 Å². The Kier molecular flexibility index (Phi) is 4.34. The maximum Gasteiger partial charge on any atom is 0.257 e. The van der Waals surface area contributed by atoms with E-state index in [1.807, 2.05) is 0 Å². The molecule has 0 saturated carbocycles. The highest BCUT2D eigenvalue weighted by Crippen LogP contribution is 2.30. The lowest BCUT2D eigenvalue weighted by Crippen LogP contribution is -2.36. The molecule has 0 fully saturated rings. The average Bonchev–Trinajstić information content (AvgIpc) is 2.53. The lowest BCUT2D eigenvalue weighted by molar-refractivity contribution is -0.123. The normalized spacial score (nSPS) is 16.2. The standard InChI is InChI=1S/C15H13FN4O3S/c1-24-15-19-12-11(14(23)20-15)9(6-10(21)18-12)13(22)17-8-4-2-3-7(16)5-8/h2-5,9H,6H2,1H3,(H,17,22)(H2,18,19,20,21,23)/t9-/m0/s1. The van der Waals surface area contributed by atoms with Crippen LogP contribution in [0.3, 0.4) is 0 Å². The molecule has 0 aliphatic carbocycles. The van der Waals surface area contributed by atoms with Crippen molar-refractivity contribution in [3.63, 3.8) is 0 Å². The number of anilines is 2. The lowest BCUT2D eigenvalue weighted by atomic mass is 9.92. The van der Waals surface area contributed by atoms with Gasteiger partial charge in [0, 0.05) is 12.1 Å². The van der Waals surface area contributed by atoms with Gasteiger partial charge in [0.25, 0.3) is 5.56 Å². The van der Waals surface area contributed by atoms with E-state index in [1.165, 1.54) is 30.0 Å². The number of carbonyl (C=O) groups excluding carboxylic acids is 2. The molecule has 9 heteroatoms. The van der Waals surface area contributed by atoms with Gasteiger partial charge in [0.1, 0.15) is 11.6 Å². The van der Waals surface area contributed by atoms with Crippen molar-refractivity contribution in [2.45, 2.75) is 17.5 Å². The number of benzene rings is 1. The number of carbonyl (C=O) groups is 2. The molecule has 0 unspecified atom stereocenters. The van der Waals surface area contributed by atoms with Crippen LogP contribution in [-0.4, -0.2) is 28.0 Å². The summed E-state index contributed by atoms with van der Waals surface area (Å²) in [5, 5.41) is 5.37. The summed E-state index contributed by atoms with van der Waals surface area (Å²) in [6, 6.07) is 5.37. The average molecular weight is 348 g/mol. The topological polar surface area (TPSA) is 104 Å². The second-order valence-electron chi connectivity index (χ2n) is 5.14. The van der Waals surface area contributed by atoms with Crippen LogP contribution in [0.25, 0.3) is 0 Å². The van der Waals surface area contributed by atoms with Crippen molar-refractivity contribution in [3.8, 4) is 0 Å². The van der Waals surface area contributed by atoms with Gasteiger partial charge in [0.05, 0.1) is 11.5 Å². The molecule has 3 rings (SSSR count). The van der Waals surface area contributed by atoms with Gasteiger partial charge in [-0.3, -0.25) is 14.4 Å². The number of amides is 2. The Morgan fingerprint density at radius 1 is 1.42 bits per heavy atom. The molecule has 0 spiro atoms. The third-order valence-corrected chi connectivity index (χ3v) is 4.11. The molecule has 1 aromatic heterocycles. The first-order valence-electron chi connectivity index (χ1n) is 7.02. The van der Waals surface area contributed by atoms with E-state index in [-0.39, 0.29) is 23.5 Å². The number of hydrogen-bond donors (Lipinski definition) is 3. The van der Waals surface area contributed by atoms with Crippen molar-refractivity contribution < 1.29 is 14.0 Å². The number of aromatic amines is 1. The fourth-order valence-corrected chi connectivity index (χ4v) is 2.84. The highest BCUT2D eigenvalue weighted by Gasteiger charge is 2.34. The second kappa shape index (κ2) is 6.44. The summed E-state index contributed by atoms with van der Waals surface area (Å²) >= 11 is 1.21. The number of halogens is 1. The predicted octanol–water partition coefficient (Wildman–Crippen LogP) is 1.70. The summed E-state index contributed by atoms with van der Waals surface area (Å²) in [5.74, 6) is -2.39. The molecule has 2 aromatic rings. The summed E-state index contributed by atoms with van der Waals surface area (Å²) < 4.78 is 13.2. The van der Waals surface area contributed by atoms with E-state index < -0.39 is 29.1 Å². The van der Waals surface area contributed by atoms with Gasteiger partial charge in [-0.2, -0.15) is 0 Å². The molecule has 3 N–H and O–H groups in total. The van der Waals surface area contributed by atoms with Crippen LogP contribution in [-0.2, 0) is 9.59 Å². The zero-order valence-corrected chi connectivity index (χ0v) is 13.4.